The molecule has 9 heteroatoms. The zero-order chi connectivity index (χ0) is 38.1. The molecule has 9 nitrogen and oxygen atoms in total. The van der Waals surface area contributed by atoms with Crippen molar-refractivity contribution in [3.8, 4) is 5.75 Å². The number of Topliss-reactive ketones (excluding diaryl/α,β-unsaturated/α-hetero) is 8. The lowest BCUT2D eigenvalue weighted by molar-refractivity contribution is 0.0994. The van der Waals surface area contributed by atoms with Crippen LogP contribution in [0.3, 0.4) is 0 Å². The van der Waals surface area contributed by atoms with E-state index in [-0.39, 0.29) is 46.3 Å². The Morgan fingerprint density at radius 3 is 0.760 bits per heavy atom. The van der Waals surface area contributed by atoms with Gasteiger partial charge in [-0.25, -0.2) is 0 Å². The molecule has 0 unspecified atom stereocenters. The summed E-state index contributed by atoms with van der Waals surface area (Å²) in [5.41, 5.74) is 4.35. The first-order valence-corrected chi connectivity index (χ1v) is 15.4. The number of hydrogen-bond acceptors (Lipinski definition) is 9. The average Bonchev–Trinajstić information content (AvgIpc) is 3.08. The van der Waals surface area contributed by atoms with Crippen molar-refractivity contribution in [1.82, 2.24) is 0 Å². The van der Waals surface area contributed by atoms with E-state index in [0.29, 0.717) is 44.5 Å². The maximum atomic E-state index is 11.2. The summed E-state index contributed by atoms with van der Waals surface area (Å²) in [4.78, 5) is 87.8. The molecule has 0 heterocycles. The Morgan fingerprint density at radius 2 is 0.540 bits per heavy atom. The van der Waals surface area contributed by atoms with E-state index < -0.39 is 0 Å². The Balaban J connectivity index is 0.000000336. The molecule has 0 bridgehead atoms. The predicted molar refractivity (Wildman–Crippen MR) is 192 cm³/mol. The molecule has 50 heavy (non-hydrogen) atoms. The molecule has 0 radical (unpaired) electrons. The highest BCUT2D eigenvalue weighted by atomic mass is 16.5. The van der Waals surface area contributed by atoms with Gasteiger partial charge in [0.25, 0.3) is 0 Å². The lowest BCUT2D eigenvalue weighted by Crippen LogP contribution is -2.03. The number of ketones is 8. The second-order valence-corrected chi connectivity index (χ2v) is 11.1. The smallest absolute Gasteiger partial charge is 0.159 e. The minimum atomic E-state index is -0.152. The van der Waals surface area contributed by atoms with Gasteiger partial charge in [0.2, 0.25) is 0 Å². The molecule has 0 aliphatic heterocycles. The molecular formula is C41H42O9. The second kappa shape index (κ2) is 20.4. The highest BCUT2D eigenvalue weighted by molar-refractivity contribution is 6.04. The van der Waals surface area contributed by atoms with Gasteiger partial charge in [0, 0.05) is 44.5 Å². The van der Waals surface area contributed by atoms with E-state index in [1.54, 1.807) is 86.8 Å². The number of carbonyl (C=O) groups is 8. The topological polar surface area (TPSA) is 146 Å². The monoisotopic (exact) mass is 678 g/mol. The first-order valence-electron chi connectivity index (χ1n) is 15.4. The summed E-state index contributed by atoms with van der Waals surface area (Å²) in [6, 6.07) is 25.0. The van der Waals surface area contributed by atoms with Gasteiger partial charge in [-0.15, -0.1) is 0 Å². The van der Waals surface area contributed by atoms with E-state index in [1.165, 1.54) is 66.7 Å². The molecular weight excluding hydrogens is 636 g/mol. The zero-order valence-corrected chi connectivity index (χ0v) is 29.8. The lowest BCUT2D eigenvalue weighted by Gasteiger charge is -2.03. The molecule has 0 amide bonds. The third-order valence-corrected chi connectivity index (χ3v) is 7.02. The number of rotatable bonds is 9. The summed E-state index contributed by atoms with van der Waals surface area (Å²) in [7, 11) is 1.60. The quantitative estimate of drug-likeness (QED) is 0.159. The number of ether oxygens (including phenoxy) is 1. The number of hydrogen-bond donors (Lipinski definition) is 0. The highest BCUT2D eigenvalue weighted by Gasteiger charge is 2.10. The summed E-state index contributed by atoms with van der Waals surface area (Å²) < 4.78 is 4.94. The Bertz CT molecular complexity index is 1740. The average molecular weight is 679 g/mol. The van der Waals surface area contributed by atoms with Crippen molar-refractivity contribution < 1.29 is 43.1 Å². The summed E-state index contributed by atoms with van der Waals surface area (Å²) in [6.07, 6.45) is 0. The van der Waals surface area contributed by atoms with Crippen LogP contribution in [0.2, 0.25) is 0 Å². The molecule has 4 aromatic carbocycles. The van der Waals surface area contributed by atoms with Crippen molar-refractivity contribution in [3.63, 3.8) is 0 Å². The van der Waals surface area contributed by atoms with E-state index in [1.807, 2.05) is 0 Å². The van der Waals surface area contributed by atoms with Crippen molar-refractivity contribution in [2.24, 2.45) is 0 Å². The molecule has 0 spiro atoms. The molecule has 4 aromatic rings. The summed E-state index contributed by atoms with van der Waals surface area (Å²) in [5.74, 6) is 0.399. The van der Waals surface area contributed by atoms with Crippen LogP contribution in [-0.4, -0.2) is 53.4 Å². The Labute approximate surface area is 292 Å². The largest absolute Gasteiger partial charge is 0.497 e. The van der Waals surface area contributed by atoms with Crippen LogP contribution in [0.4, 0.5) is 0 Å². The van der Waals surface area contributed by atoms with Gasteiger partial charge in [0.1, 0.15) is 5.75 Å². The molecule has 4 rings (SSSR count). The normalized spacial score (nSPS) is 9.54. The number of benzene rings is 4. The Morgan fingerprint density at radius 1 is 0.320 bits per heavy atom. The standard InChI is InChI=1S/C12H12O3.2C10H10O2.C9H10O2/c1-7(13)10-4-11(8(2)14)6-12(5-10)9(3)15;1-7(11)9-3-5-10(6-4-9)8(2)12;1-7(11)9-4-3-5-10(6-9)8(2)12;1-7(10)8-3-5-9(11-2)6-4-8/h4-6H,1-3H3;2*3-6H,1-2H3;3-6H,1-2H3. The van der Waals surface area contributed by atoms with Crippen LogP contribution in [0.15, 0.2) is 91.0 Å². The van der Waals surface area contributed by atoms with E-state index >= 15 is 0 Å². The maximum absolute atomic E-state index is 11.2. The van der Waals surface area contributed by atoms with Gasteiger partial charge in [0.15, 0.2) is 46.3 Å². The molecule has 0 N–H and O–H groups in total. The first-order chi connectivity index (χ1) is 23.4. The fraction of sp³-hybridized carbons (Fsp3) is 0.220. The van der Waals surface area contributed by atoms with E-state index in [0.717, 1.165) is 5.75 Å². The first kappa shape index (κ1) is 42.1. The number of methoxy groups -OCH3 is 1. The van der Waals surface area contributed by atoms with Gasteiger partial charge in [-0.3, -0.25) is 38.4 Å². The second-order valence-electron chi connectivity index (χ2n) is 11.1. The van der Waals surface area contributed by atoms with Crippen molar-refractivity contribution in [2.45, 2.75) is 55.4 Å². The lowest BCUT2D eigenvalue weighted by atomic mass is 10.00. The van der Waals surface area contributed by atoms with Crippen LogP contribution in [0.5, 0.6) is 5.75 Å². The van der Waals surface area contributed by atoms with Gasteiger partial charge in [-0.2, -0.15) is 0 Å². The van der Waals surface area contributed by atoms with Crippen molar-refractivity contribution >= 4 is 46.3 Å². The summed E-state index contributed by atoms with van der Waals surface area (Å²) >= 11 is 0. The third kappa shape index (κ3) is 14.4. The van der Waals surface area contributed by atoms with Gasteiger partial charge in [-0.1, -0.05) is 42.5 Å². The highest BCUT2D eigenvalue weighted by Crippen LogP contribution is 2.13. The van der Waals surface area contributed by atoms with Crippen LogP contribution in [0.1, 0.15) is 138 Å². The van der Waals surface area contributed by atoms with Crippen molar-refractivity contribution in [1.29, 1.82) is 0 Å². The molecule has 0 saturated carbocycles. The number of carbonyl (C=O) groups excluding carboxylic acids is 8. The molecule has 0 aliphatic carbocycles. The predicted octanol–water partition coefficient (Wildman–Crippen LogP) is 8.38. The van der Waals surface area contributed by atoms with Gasteiger partial charge in [-0.05, 0) is 104 Å². The zero-order valence-electron chi connectivity index (χ0n) is 29.8. The molecule has 0 atom stereocenters. The fourth-order valence-corrected chi connectivity index (χ4v) is 3.96. The Hall–Kier alpha value is -5.96. The van der Waals surface area contributed by atoms with Gasteiger partial charge >= 0.3 is 0 Å². The maximum Gasteiger partial charge on any atom is 0.159 e. The van der Waals surface area contributed by atoms with Crippen LogP contribution in [-0.2, 0) is 0 Å². The van der Waals surface area contributed by atoms with Crippen LogP contribution >= 0.6 is 0 Å². The van der Waals surface area contributed by atoms with Crippen molar-refractivity contribution in [2.75, 3.05) is 7.11 Å². The molecule has 0 aromatic heterocycles. The third-order valence-electron chi connectivity index (χ3n) is 7.02. The molecule has 0 fully saturated rings. The van der Waals surface area contributed by atoms with E-state index in [2.05, 4.69) is 0 Å². The summed E-state index contributed by atoms with van der Waals surface area (Å²) in [6.45, 7) is 11.7. The summed E-state index contributed by atoms with van der Waals surface area (Å²) in [5, 5.41) is 0. The minimum absolute atomic E-state index is 0.0156. The van der Waals surface area contributed by atoms with Crippen LogP contribution in [0, 0.1) is 0 Å². The van der Waals surface area contributed by atoms with Crippen LogP contribution < -0.4 is 4.74 Å². The fourth-order valence-electron chi connectivity index (χ4n) is 3.96. The molecule has 260 valence electrons. The van der Waals surface area contributed by atoms with Gasteiger partial charge in [0.05, 0.1) is 7.11 Å². The van der Waals surface area contributed by atoms with Gasteiger partial charge < -0.3 is 4.74 Å². The van der Waals surface area contributed by atoms with Crippen molar-refractivity contribution in [3.05, 3.63) is 136 Å². The minimum Gasteiger partial charge on any atom is -0.497 e. The molecule has 0 aliphatic rings. The van der Waals surface area contributed by atoms with E-state index in [9.17, 15) is 38.4 Å². The Kier molecular flexibility index (Phi) is 17.2. The van der Waals surface area contributed by atoms with E-state index in [4.69, 9.17) is 4.74 Å². The van der Waals surface area contributed by atoms with Crippen LogP contribution in [0.25, 0.3) is 0 Å². The SMILES string of the molecule is CC(=O)c1cc(C(C)=O)cc(C(C)=O)c1.CC(=O)c1ccc(C(C)=O)cc1.CC(=O)c1cccc(C(C)=O)c1.COc1ccc(C(C)=O)cc1. The molecule has 0 saturated heterocycles.